The first-order valence-electron chi connectivity index (χ1n) is 11.0. The first-order valence-corrected chi connectivity index (χ1v) is 11.0. The van der Waals surface area contributed by atoms with Gasteiger partial charge >= 0.3 is 0 Å². The van der Waals surface area contributed by atoms with E-state index in [9.17, 15) is 9.59 Å². The summed E-state index contributed by atoms with van der Waals surface area (Å²) in [5.41, 5.74) is 5.88. The Morgan fingerprint density at radius 2 is 1.42 bits per heavy atom. The summed E-state index contributed by atoms with van der Waals surface area (Å²) in [7, 11) is 1.59. The van der Waals surface area contributed by atoms with Gasteiger partial charge < -0.3 is 10.1 Å². The Bertz CT molecular complexity index is 1220. The topological polar surface area (TPSA) is 58.6 Å². The van der Waals surface area contributed by atoms with Crippen LogP contribution in [0.15, 0.2) is 72.4 Å². The van der Waals surface area contributed by atoms with Crippen LogP contribution in [-0.2, 0) is 9.59 Å². The first kappa shape index (κ1) is 22.3. The van der Waals surface area contributed by atoms with E-state index in [-0.39, 0.29) is 17.5 Å². The molecule has 2 amide bonds. The fourth-order valence-electron chi connectivity index (χ4n) is 4.11. The van der Waals surface area contributed by atoms with Crippen molar-refractivity contribution in [3.05, 3.63) is 94.7 Å². The molecule has 0 radical (unpaired) electrons. The van der Waals surface area contributed by atoms with Gasteiger partial charge in [0.25, 0.3) is 11.8 Å². The number of carbonyl (C=O) groups is 2. The van der Waals surface area contributed by atoms with E-state index < -0.39 is 0 Å². The van der Waals surface area contributed by atoms with Gasteiger partial charge in [-0.25, -0.2) is 4.90 Å². The summed E-state index contributed by atoms with van der Waals surface area (Å²) >= 11 is 0. The average molecular weight is 441 g/mol. The van der Waals surface area contributed by atoms with Gasteiger partial charge in [0.15, 0.2) is 0 Å². The molecule has 3 aromatic carbocycles. The number of hydrogen-bond donors (Lipinski definition) is 1. The summed E-state index contributed by atoms with van der Waals surface area (Å²) in [6.45, 7) is 8.22. The van der Waals surface area contributed by atoms with Crippen LogP contribution in [0.4, 0.5) is 11.4 Å². The molecule has 168 valence electrons. The molecule has 0 unspecified atom stereocenters. The number of ether oxygens (including phenoxy) is 1. The number of aryl methyl sites for hydroxylation is 2. The van der Waals surface area contributed by atoms with Crippen LogP contribution < -0.4 is 15.0 Å². The van der Waals surface area contributed by atoms with Gasteiger partial charge in [-0.05, 0) is 78.4 Å². The lowest BCUT2D eigenvalue weighted by Gasteiger charge is -2.17. The number of nitrogens with zero attached hydrogens (tertiary/aromatic N) is 1. The van der Waals surface area contributed by atoms with Gasteiger partial charge in [0, 0.05) is 5.69 Å². The molecule has 5 heteroatoms. The lowest BCUT2D eigenvalue weighted by molar-refractivity contribution is -0.120. The molecule has 0 saturated heterocycles. The molecule has 0 aliphatic carbocycles. The SMILES string of the molecule is COc1ccc(C2=C(Nc3cc(C)cc(C)c3)C(=O)N(c3ccc(C(C)C)cc3)C2=O)cc1. The average Bonchev–Trinajstić information content (AvgIpc) is 3.02. The molecule has 0 spiro atoms. The van der Waals surface area contributed by atoms with Crippen molar-refractivity contribution >= 4 is 28.8 Å². The van der Waals surface area contributed by atoms with E-state index in [1.165, 1.54) is 4.90 Å². The number of imide groups is 1. The Hall–Kier alpha value is -3.86. The van der Waals surface area contributed by atoms with E-state index in [2.05, 4.69) is 25.2 Å². The minimum Gasteiger partial charge on any atom is -0.497 e. The van der Waals surface area contributed by atoms with E-state index in [0.717, 1.165) is 22.4 Å². The lowest BCUT2D eigenvalue weighted by atomic mass is 10.0. The second kappa shape index (κ2) is 8.94. The number of nitrogens with one attached hydrogen (secondary N) is 1. The Balaban J connectivity index is 1.79. The molecule has 5 nitrogen and oxygen atoms in total. The van der Waals surface area contributed by atoms with Crippen molar-refractivity contribution in [2.45, 2.75) is 33.6 Å². The van der Waals surface area contributed by atoms with Gasteiger partial charge in [-0.15, -0.1) is 0 Å². The molecule has 0 saturated carbocycles. The first-order chi connectivity index (χ1) is 15.8. The number of carbonyl (C=O) groups excluding carboxylic acids is 2. The molecule has 1 aliphatic rings. The predicted octanol–water partition coefficient (Wildman–Crippen LogP) is 5.83. The summed E-state index contributed by atoms with van der Waals surface area (Å²) in [5.74, 6) is 0.316. The molecular weight excluding hydrogens is 412 g/mol. The van der Waals surface area contributed by atoms with Crippen molar-refractivity contribution in [3.8, 4) is 5.75 Å². The van der Waals surface area contributed by atoms with Gasteiger partial charge in [0.05, 0.1) is 18.4 Å². The van der Waals surface area contributed by atoms with Gasteiger partial charge in [-0.1, -0.05) is 44.2 Å². The number of rotatable bonds is 6. The molecule has 0 bridgehead atoms. The van der Waals surface area contributed by atoms with Crippen LogP contribution in [0.2, 0.25) is 0 Å². The minimum absolute atomic E-state index is 0.267. The molecular formula is C28H28N2O3. The minimum atomic E-state index is -0.373. The van der Waals surface area contributed by atoms with Crippen molar-refractivity contribution in [3.63, 3.8) is 0 Å². The normalized spacial score (nSPS) is 13.8. The van der Waals surface area contributed by atoms with Gasteiger partial charge in [0.2, 0.25) is 0 Å². The monoisotopic (exact) mass is 440 g/mol. The summed E-state index contributed by atoms with van der Waals surface area (Å²) in [6, 6.07) is 20.7. The highest BCUT2D eigenvalue weighted by molar-refractivity contribution is 6.46. The Morgan fingerprint density at radius 1 is 0.818 bits per heavy atom. The second-order valence-electron chi connectivity index (χ2n) is 8.67. The number of hydrogen-bond acceptors (Lipinski definition) is 4. The number of methoxy groups -OCH3 is 1. The quantitative estimate of drug-likeness (QED) is 0.490. The van der Waals surface area contributed by atoms with E-state index in [0.29, 0.717) is 28.5 Å². The molecule has 1 heterocycles. The van der Waals surface area contributed by atoms with Gasteiger partial charge in [-0.3, -0.25) is 9.59 Å². The lowest BCUT2D eigenvalue weighted by Crippen LogP contribution is -2.32. The second-order valence-corrected chi connectivity index (χ2v) is 8.67. The maximum atomic E-state index is 13.6. The predicted molar refractivity (Wildman–Crippen MR) is 132 cm³/mol. The Labute approximate surface area is 194 Å². The maximum Gasteiger partial charge on any atom is 0.282 e. The van der Waals surface area contributed by atoms with Gasteiger partial charge in [-0.2, -0.15) is 0 Å². The third-order valence-electron chi connectivity index (χ3n) is 5.77. The number of anilines is 2. The number of benzene rings is 3. The van der Waals surface area contributed by atoms with Crippen molar-refractivity contribution in [2.75, 3.05) is 17.3 Å². The summed E-state index contributed by atoms with van der Waals surface area (Å²) in [6.07, 6.45) is 0. The van der Waals surface area contributed by atoms with Crippen LogP contribution >= 0.6 is 0 Å². The summed E-state index contributed by atoms with van der Waals surface area (Å²) in [4.78, 5) is 28.4. The summed E-state index contributed by atoms with van der Waals surface area (Å²) in [5, 5.41) is 3.25. The largest absolute Gasteiger partial charge is 0.497 e. The van der Waals surface area contributed by atoms with Crippen molar-refractivity contribution in [1.29, 1.82) is 0 Å². The molecule has 1 aliphatic heterocycles. The summed E-state index contributed by atoms with van der Waals surface area (Å²) < 4.78 is 5.26. The zero-order valence-electron chi connectivity index (χ0n) is 19.6. The molecule has 0 aromatic heterocycles. The van der Waals surface area contributed by atoms with Crippen LogP contribution in [0.25, 0.3) is 5.57 Å². The van der Waals surface area contributed by atoms with E-state index in [1.807, 2.05) is 50.2 Å². The highest BCUT2D eigenvalue weighted by Gasteiger charge is 2.40. The molecule has 4 rings (SSSR count). The van der Waals surface area contributed by atoms with Crippen molar-refractivity contribution in [2.24, 2.45) is 0 Å². The third kappa shape index (κ3) is 4.40. The smallest absolute Gasteiger partial charge is 0.282 e. The molecule has 1 N–H and O–H groups in total. The third-order valence-corrected chi connectivity index (χ3v) is 5.77. The molecule has 3 aromatic rings. The van der Waals surface area contributed by atoms with Crippen LogP contribution in [0.5, 0.6) is 5.75 Å². The highest BCUT2D eigenvalue weighted by atomic mass is 16.5. The molecule has 0 atom stereocenters. The van der Waals surface area contributed by atoms with Crippen LogP contribution in [-0.4, -0.2) is 18.9 Å². The standard InChI is InChI=1S/C28H28N2O3/c1-17(2)20-6-10-23(11-7-20)30-27(31)25(21-8-12-24(33-5)13-9-21)26(28(30)32)29-22-15-18(3)14-19(4)16-22/h6-17,29H,1-5H3. The van der Waals surface area contributed by atoms with E-state index in [1.54, 1.807) is 31.4 Å². The highest BCUT2D eigenvalue weighted by Crippen LogP contribution is 2.35. The Kier molecular flexibility index (Phi) is 6.05. The van der Waals surface area contributed by atoms with Crippen molar-refractivity contribution in [1.82, 2.24) is 0 Å². The van der Waals surface area contributed by atoms with Crippen LogP contribution in [0, 0.1) is 13.8 Å². The Morgan fingerprint density at radius 3 is 1.97 bits per heavy atom. The molecule has 33 heavy (non-hydrogen) atoms. The van der Waals surface area contributed by atoms with Crippen LogP contribution in [0.3, 0.4) is 0 Å². The van der Waals surface area contributed by atoms with Crippen molar-refractivity contribution < 1.29 is 14.3 Å². The van der Waals surface area contributed by atoms with Gasteiger partial charge in [0.1, 0.15) is 11.4 Å². The number of amides is 2. The fourth-order valence-corrected chi connectivity index (χ4v) is 4.11. The zero-order chi connectivity index (χ0) is 23.7. The molecule has 0 fully saturated rings. The van der Waals surface area contributed by atoms with E-state index >= 15 is 0 Å². The van der Waals surface area contributed by atoms with E-state index in [4.69, 9.17) is 4.74 Å². The van der Waals surface area contributed by atoms with Crippen LogP contribution in [0.1, 0.15) is 42.0 Å². The fraction of sp³-hybridized carbons (Fsp3) is 0.214. The zero-order valence-corrected chi connectivity index (χ0v) is 19.6. The maximum absolute atomic E-state index is 13.6.